The number of aliphatic hydroxyl groups excluding tert-OH is 1. The number of ether oxygens (including phenoxy) is 1. The van der Waals surface area contributed by atoms with E-state index in [1.807, 2.05) is 6.07 Å². The second-order valence-electron chi connectivity index (χ2n) is 2.82. The van der Waals surface area contributed by atoms with Gasteiger partial charge in [0, 0.05) is 12.7 Å². The summed E-state index contributed by atoms with van der Waals surface area (Å²) in [7, 11) is 1.57. The van der Waals surface area contributed by atoms with E-state index in [-0.39, 0.29) is 12.4 Å². The Balaban J connectivity index is 2.79. The zero-order valence-electron chi connectivity index (χ0n) is 7.66. The van der Waals surface area contributed by atoms with Crippen LogP contribution >= 0.6 is 0 Å². The zero-order valence-corrected chi connectivity index (χ0v) is 7.66. The van der Waals surface area contributed by atoms with Crippen molar-refractivity contribution in [1.29, 1.82) is 0 Å². The second-order valence-corrected chi connectivity index (χ2v) is 2.82. The molecule has 0 aliphatic heterocycles. The summed E-state index contributed by atoms with van der Waals surface area (Å²) in [6, 6.07) is 5.01. The second kappa shape index (κ2) is 4.72. The molecule has 0 fully saturated rings. The summed E-state index contributed by atoms with van der Waals surface area (Å²) in [4.78, 5) is 0. The number of hydrogen-bond donors (Lipinski definition) is 2. The number of phenols is 1. The van der Waals surface area contributed by atoms with Crippen LogP contribution in [0, 0.1) is 0 Å². The molecule has 0 aromatic heterocycles. The van der Waals surface area contributed by atoms with Crippen LogP contribution in [0.1, 0.15) is 12.0 Å². The van der Waals surface area contributed by atoms with E-state index in [0.717, 1.165) is 12.0 Å². The maximum absolute atomic E-state index is 9.16. The SMILES string of the molecule is COc1cc(O)ccc1CCCO. The third kappa shape index (κ3) is 2.63. The Hall–Kier alpha value is -1.22. The molecule has 0 atom stereocenters. The maximum Gasteiger partial charge on any atom is 0.125 e. The van der Waals surface area contributed by atoms with E-state index in [1.54, 1.807) is 19.2 Å². The maximum atomic E-state index is 9.16. The fourth-order valence-corrected chi connectivity index (χ4v) is 1.21. The number of hydrogen-bond acceptors (Lipinski definition) is 3. The Morgan fingerprint density at radius 3 is 2.77 bits per heavy atom. The molecule has 0 spiro atoms. The number of rotatable bonds is 4. The number of phenolic OH excluding ortho intramolecular Hbond substituents is 1. The number of benzene rings is 1. The molecule has 0 aliphatic rings. The average molecular weight is 182 g/mol. The zero-order chi connectivity index (χ0) is 9.68. The number of aryl methyl sites for hydroxylation is 1. The summed E-state index contributed by atoms with van der Waals surface area (Å²) in [5, 5.41) is 17.8. The van der Waals surface area contributed by atoms with Gasteiger partial charge in [-0.1, -0.05) is 6.07 Å². The summed E-state index contributed by atoms with van der Waals surface area (Å²) in [6.45, 7) is 0.171. The third-order valence-electron chi connectivity index (χ3n) is 1.87. The van der Waals surface area contributed by atoms with Crippen molar-refractivity contribution in [1.82, 2.24) is 0 Å². The van der Waals surface area contributed by atoms with Gasteiger partial charge in [0.15, 0.2) is 0 Å². The van der Waals surface area contributed by atoms with Gasteiger partial charge in [-0.05, 0) is 24.5 Å². The van der Waals surface area contributed by atoms with Gasteiger partial charge in [0.25, 0.3) is 0 Å². The van der Waals surface area contributed by atoms with E-state index in [9.17, 15) is 0 Å². The molecular formula is C10H14O3. The summed E-state index contributed by atoms with van der Waals surface area (Å²) in [5.74, 6) is 0.873. The lowest BCUT2D eigenvalue weighted by Crippen LogP contribution is -1.94. The Morgan fingerprint density at radius 1 is 1.38 bits per heavy atom. The lowest BCUT2D eigenvalue weighted by Gasteiger charge is -2.07. The smallest absolute Gasteiger partial charge is 0.125 e. The number of aliphatic hydroxyl groups is 1. The van der Waals surface area contributed by atoms with Crippen LogP contribution in [0.15, 0.2) is 18.2 Å². The Bertz CT molecular complexity index is 271. The van der Waals surface area contributed by atoms with Crippen molar-refractivity contribution < 1.29 is 14.9 Å². The number of methoxy groups -OCH3 is 1. The van der Waals surface area contributed by atoms with Crippen LogP contribution in [0.3, 0.4) is 0 Å². The molecule has 0 unspecified atom stereocenters. The van der Waals surface area contributed by atoms with Gasteiger partial charge in [-0.15, -0.1) is 0 Å². The van der Waals surface area contributed by atoms with Gasteiger partial charge in [-0.3, -0.25) is 0 Å². The molecule has 1 aromatic rings. The lowest BCUT2D eigenvalue weighted by molar-refractivity contribution is 0.287. The predicted molar refractivity (Wildman–Crippen MR) is 50.1 cm³/mol. The first-order valence-electron chi connectivity index (χ1n) is 4.24. The van der Waals surface area contributed by atoms with E-state index < -0.39 is 0 Å². The van der Waals surface area contributed by atoms with Gasteiger partial charge in [0.2, 0.25) is 0 Å². The highest BCUT2D eigenvalue weighted by atomic mass is 16.5. The minimum atomic E-state index is 0.171. The van der Waals surface area contributed by atoms with E-state index >= 15 is 0 Å². The van der Waals surface area contributed by atoms with Crippen molar-refractivity contribution in [2.24, 2.45) is 0 Å². The predicted octanol–water partition coefficient (Wildman–Crippen LogP) is 1.33. The van der Waals surface area contributed by atoms with E-state index in [0.29, 0.717) is 12.2 Å². The molecule has 13 heavy (non-hydrogen) atoms. The summed E-state index contributed by atoms with van der Waals surface area (Å²) in [5.41, 5.74) is 1.01. The quantitative estimate of drug-likeness (QED) is 0.738. The first-order valence-corrected chi connectivity index (χ1v) is 4.24. The van der Waals surface area contributed by atoms with E-state index in [1.165, 1.54) is 0 Å². The highest BCUT2D eigenvalue weighted by molar-refractivity contribution is 5.40. The van der Waals surface area contributed by atoms with Crippen LogP contribution < -0.4 is 4.74 Å². The standard InChI is InChI=1S/C10H14O3/c1-13-10-7-9(12)5-4-8(10)3-2-6-11/h4-5,7,11-12H,2-3,6H2,1H3. The minimum absolute atomic E-state index is 0.171. The molecule has 0 radical (unpaired) electrons. The first-order chi connectivity index (χ1) is 6.27. The Labute approximate surface area is 77.6 Å². The topological polar surface area (TPSA) is 49.7 Å². The van der Waals surface area contributed by atoms with E-state index in [4.69, 9.17) is 14.9 Å². The summed E-state index contributed by atoms with van der Waals surface area (Å²) >= 11 is 0. The first kappa shape index (κ1) is 9.86. The average Bonchev–Trinajstić information content (AvgIpc) is 2.16. The summed E-state index contributed by atoms with van der Waals surface area (Å²) < 4.78 is 5.08. The molecule has 0 heterocycles. The van der Waals surface area contributed by atoms with Crippen molar-refractivity contribution in [2.45, 2.75) is 12.8 Å². The molecule has 0 amide bonds. The molecule has 0 bridgehead atoms. The Kier molecular flexibility index (Phi) is 3.58. The molecule has 1 rings (SSSR count). The van der Waals surface area contributed by atoms with Crippen LogP contribution in [0.4, 0.5) is 0 Å². The van der Waals surface area contributed by atoms with Crippen molar-refractivity contribution in [2.75, 3.05) is 13.7 Å². The molecule has 2 N–H and O–H groups in total. The Morgan fingerprint density at radius 2 is 2.15 bits per heavy atom. The molecule has 72 valence electrons. The normalized spacial score (nSPS) is 10.0. The van der Waals surface area contributed by atoms with Gasteiger partial charge in [0.05, 0.1) is 7.11 Å². The largest absolute Gasteiger partial charge is 0.508 e. The molecule has 0 saturated carbocycles. The molecule has 3 nitrogen and oxygen atoms in total. The van der Waals surface area contributed by atoms with Gasteiger partial charge < -0.3 is 14.9 Å². The van der Waals surface area contributed by atoms with Gasteiger partial charge in [-0.2, -0.15) is 0 Å². The van der Waals surface area contributed by atoms with Crippen molar-refractivity contribution in [3.63, 3.8) is 0 Å². The van der Waals surface area contributed by atoms with Gasteiger partial charge >= 0.3 is 0 Å². The van der Waals surface area contributed by atoms with Crippen LogP contribution in [-0.2, 0) is 6.42 Å². The van der Waals surface area contributed by atoms with Crippen molar-refractivity contribution in [3.8, 4) is 11.5 Å². The van der Waals surface area contributed by atoms with Gasteiger partial charge in [-0.25, -0.2) is 0 Å². The molecule has 3 heteroatoms. The molecular weight excluding hydrogens is 168 g/mol. The van der Waals surface area contributed by atoms with Crippen LogP contribution in [0.2, 0.25) is 0 Å². The number of aromatic hydroxyl groups is 1. The van der Waals surface area contributed by atoms with Crippen molar-refractivity contribution >= 4 is 0 Å². The monoisotopic (exact) mass is 182 g/mol. The van der Waals surface area contributed by atoms with Crippen LogP contribution in [0.25, 0.3) is 0 Å². The van der Waals surface area contributed by atoms with Crippen LogP contribution in [-0.4, -0.2) is 23.9 Å². The van der Waals surface area contributed by atoms with Gasteiger partial charge in [0.1, 0.15) is 11.5 Å². The van der Waals surface area contributed by atoms with E-state index in [2.05, 4.69) is 0 Å². The minimum Gasteiger partial charge on any atom is -0.508 e. The fourth-order valence-electron chi connectivity index (χ4n) is 1.21. The molecule has 0 saturated heterocycles. The van der Waals surface area contributed by atoms with Crippen molar-refractivity contribution in [3.05, 3.63) is 23.8 Å². The molecule has 0 aliphatic carbocycles. The third-order valence-corrected chi connectivity index (χ3v) is 1.87. The highest BCUT2D eigenvalue weighted by Crippen LogP contribution is 2.24. The lowest BCUT2D eigenvalue weighted by atomic mass is 10.1. The summed E-state index contributed by atoms with van der Waals surface area (Å²) in [6.07, 6.45) is 1.47. The molecule has 1 aromatic carbocycles. The highest BCUT2D eigenvalue weighted by Gasteiger charge is 2.02. The van der Waals surface area contributed by atoms with Crippen LogP contribution in [0.5, 0.6) is 11.5 Å². The fraction of sp³-hybridized carbons (Fsp3) is 0.400.